The van der Waals surface area contributed by atoms with Crippen LogP contribution in [0.3, 0.4) is 0 Å². The molecule has 2 rings (SSSR count). The van der Waals surface area contributed by atoms with Crippen LogP contribution in [-0.2, 0) is 4.74 Å². The van der Waals surface area contributed by atoms with Crippen LogP contribution in [-0.4, -0.2) is 6.10 Å². The first-order chi connectivity index (χ1) is 10.0. The van der Waals surface area contributed by atoms with Crippen molar-refractivity contribution >= 4 is 0 Å². The molecule has 0 aromatic rings. The van der Waals surface area contributed by atoms with Gasteiger partial charge in [-0.15, -0.1) is 0 Å². The van der Waals surface area contributed by atoms with Crippen LogP contribution in [0.15, 0.2) is 11.8 Å². The summed E-state index contributed by atoms with van der Waals surface area (Å²) in [4.78, 5) is 0. The Morgan fingerprint density at radius 3 is 2.57 bits per heavy atom. The molecule has 0 aromatic heterocycles. The minimum absolute atomic E-state index is 0.256. The normalized spacial score (nSPS) is 26.0. The Hall–Kier alpha value is -0.460. The van der Waals surface area contributed by atoms with Gasteiger partial charge in [-0.05, 0) is 49.5 Å². The zero-order chi connectivity index (χ0) is 15.3. The van der Waals surface area contributed by atoms with Crippen molar-refractivity contribution in [2.24, 2.45) is 17.3 Å². The van der Waals surface area contributed by atoms with Crippen molar-refractivity contribution in [3.8, 4) is 0 Å². The number of unbranched alkanes of at least 4 members (excludes halogenated alkanes) is 5. The van der Waals surface area contributed by atoms with Crippen LogP contribution in [0.5, 0.6) is 0 Å². The van der Waals surface area contributed by atoms with Gasteiger partial charge in [-0.2, -0.15) is 0 Å². The van der Waals surface area contributed by atoms with E-state index in [4.69, 9.17) is 4.74 Å². The molecule has 2 aliphatic rings. The molecule has 0 N–H and O–H groups in total. The van der Waals surface area contributed by atoms with E-state index >= 15 is 0 Å². The summed E-state index contributed by atoms with van der Waals surface area (Å²) in [6, 6.07) is 0. The van der Waals surface area contributed by atoms with Crippen LogP contribution >= 0.6 is 0 Å². The number of hydrogen-bond acceptors (Lipinski definition) is 1. The molecule has 0 spiro atoms. The Balaban J connectivity index is 1.74. The number of allylic oxidation sites excluding steroid dienone is 2. The van der Waals surface area contributed by atoms with E-state index in [1.54, 1.807) is 0 Å². The third-order valence-corrected chi connectivity index (χ3v) is 5.24. The van der Waals surface area contributed by atoms with Crippen molar-refractivity contribution in [2.45, 2.75) is 98.0 Å². The smallest absolute Gasteiger partial charge is 0.103 e. The maximum absolute atomic E-state index is 6.50. The van der Waals surface area contributed by atoms with Gasteiger partial charge in [0.2, 0.25) is 0 Å². The van der Waals surface area contributed by atoms with Crippen molar-refractivity contribution < 1.29 is 4.74 Å². The molecule has 0 saturated heterocycles. The SMILES string of the molecule is CCCCCCCCC(OC1=CCCC2CC12)C(C)(C)C. The summed E-state index contributed by atoms with van der Waals surface area (Å²) in [6.45, 7) is 9.29. The van der Waals surface area contributed by atoms with Crippen molar-refractivity contribution in [1.29, 1.82) is 0 Å². The third-order valence-electron chi connectivity index (χ3n) is 5.24. The second-order valence-corrected chi connectivity index (χ2v) is 8.32. The molecule has 2 aliphatic carbocycles. The summed E-state index contributed by atoms with van der Waals surface area (Å²) in [5, 5.41) is 0. The van der Waals surface area contributed by atoms with Gasteiger partial charge in [-0.3, -0.25) is 0 Å². The minimum atomic E-state index is 0.256. The van der Waals surface area contributed by atoms with Crippen LogP contribution in [0.1, 0.15) is 91.9 Å². The number of hydrogen-bond donors (Lipinski definition) is 0. The van der Waals surface area contributed by atoms with Crippen LogP contribution in [0, 0.1) is 17.3 Å². The molecule has 122 valence electrons. The second kappa shape index (κ2) is 7.70. The lowest BCUT2D eigenvalue weighted by atomic mass is 9.85. The highest BCUT2D eigenvalue weighted by Gasteiger charge is 2.43. The van der Waals surface area contributed by atoms with Crippen LogP contribution in [0.4, 0.5) is 0 Å². The van der Waals surface area contributed by atoms with Gasteiger partial charge in [0.05, 0.1) is 5.76 Å². The summed E-state index contributed by atoms with van der Waals surface area (Å²) in [6.07, 6.45) is 16.3. The molecule has 1 fully saturated rings. The molecule has 0 aliphatic heterocycles. The minimum Gasteiger partial charge on any atom is -0.494 e. The summed E-state index contributed by atoms with van der Waals surface area (Å²) in [7, 11) is 0. The Bertz CT molecular complexity index is 336. The van der Waals surface area contributed by atoms with Crippen molar-refractivity contribution in [2.75, 3.05) is 0 Å². The fourth-order valence-electron chi connectivity index (χ4n) is 3.58. The van der Waals surface area contributed by atoms with Gasteiger partial charge in [0.15, 0.2) is 0 Å². The number of rotatable bonds is 9. The first kappa shape index (κ1) is 16.9. The summed E-state index contributed by atoms with van der Waals surface area (Å²) in [5.74, 6) is 3.09. The largest absolute Gasteiger partial charge is 0.494 e. The van der Waals surface area contributed by atoms with E-state index < -0.39 is 0 Å². The van der Waals surface area contributed by atoms with Crippen molar-refractivity contribution in [1.82, 2.24) is 0 Å². The third kappa shape index (κ3) is 5.34. The van der Waals surface area contributed by atoms with E-state index in [0.29, 0.717) is 6.10 Å². The van der Waals surface area contributed by atoms with E-state index in [0.717, 1.165) is 11.8 Å². The Kier molecular flexibility index (Phi) is 6.20. The van der Waals surface area contributed by atoms with Crippen LogP contribution < -0.4 is 0 Å². The molecule has 21 heavy (non-hydrogen) atoms. The predicted octanol–water partition coefficient (Wildman–Crippen LogP) is 6.48. The maximum atomic E-state index is 6.50. The van der Waals surface area contributed by atoms with E-state index in [1.807, 2.05) is 0 Å². The lowest BCUT2D eigenvalue weighted by Gasteiger charge is -2.33. The molecule has 0 amide bonds. The van der Waals surface area contributed by atoms with Crippen molar-refractivity contribution in [3.63, 3.8) is 0 Å². The molecule has 1 saturated carbocycles. The average Bonchev–Trinajstić information content (AvgIpc) is 3.20. The maximum Gasteiger partial charge on any atom is 0.103 e. The first-order valence-corrected chi connectivity index (χ1v) is 9.39. The number of fused-ring (bicyclic) bond motifs is 1. The van der Waals surface area contributed by atoms with Crippen LogP contribution in [0.25, 0.3) is 0 Å². The first-order valence-electron chi connectivity index (χ1n) is 9.39. The van der Waals surface area contributed by atoms with Gasteiger partial charge in [0.1, 0.15) is 6.10 Å². The Labute approximate surface area is 132 Å². The van der Waals surface area contributed by atoms with E-state index in [-0.39, 0.29) is 5.41 Å². The van der Waals surface area contributed by atoms with Gasteiger partial charge in [0, 0.05) is 5.92 Å². The van der Waals surface area contributed by atoms with Gasteiger partial charge < -0.3 is 4.74 Å². The molecule has 0 heterocycles. The lowest BCUT2D eigenvalue weighted by Crippen LogP contribution is -2.30. The molecule has 3 unspecified atom stereocenters. The molecule has 1 nitrogen and oxygen atoms in total. The fourth-order valence-corrected chi connectivity index (χ4v) is 3.58. The summed E-state index contributed by atoms with van der Waals surface area (Å²) >= 11 is 0. The highest BCUT2D eigenvalue weighted by Crippen LogP contribution is 2.51. The highest BCUT2D eigenvalue weighted by atomic mass is 16.5. The summed E-state index contributed by atoms with van der Waals surface area (Å²) in [5.41, 5.74) is 0.256. The average molecular weight is 293 g/mol. The van der Waals surface area contributed by atoms with Gasteiger partial charge >= 0.3 is 0 Å². The van der Waals surface area contributed by atoms with Gasteiger partial charge in [0.25, 0.3) is 0 Å². The Morgan fingerprint density at radius 2 is 1.86 bits per heavy atom. The number of ether oxygens (including phenoxy) is 1. The quantitative estimate of drug-likeness (QED) is 0.442. The van der Waals surface area contributed by atoms with Crippen molar-refractivity contribution in [3.05, 3.63) is 11.8 Å². The molecule has 3 atom stereocenters. The fraction of sp³-hybridized carbons (Fsp3) is 0.900. The van der Waals surface area contributed by atoms with E-state index in [9.17, 15) is 0 Å². The predicted molar refractivity (Wildman–Crippen MR) is 91.2 cm³/mol. The molecule has 0 bridgehead atoms. The molecular weight excluding hydrogens is 256 g/mol. The van der Waals surface area contributed by atoms with E-state index in [2.05, 4.69) is 33.8 Å². The lowest BCUT2D eigenvalue weighted by molar-refractivity contribution is 0.00993. The van der Waals surface area contributed by atoms with E-state index in [1.165, 1.54) is 70.0 Å². The van der Waals surface area contributed by atoms with Crippen LogP contribution in [0.2, 0.25) is 0 Å². The molecule has 0 radical (unpaired) electrons. The Morgan fingerprint density at radius 1 is 1.14 bits per heavy atom. The molecule has 1 heteroatoms. The molecular formula is C20H36O. The monoisotopic (exact) mass is 292 g/mol. The zero-order valence-corrected chi connectivity index (χ0v) is 14.8. The molecule has 0 aromatic carbocycles. The zero-order valence-electron chi connectivity index (χ0n) is 14.8. The summed E-state index contributed by atoms with van der Waals surface area (Å²) < 4.78 is 6.50. The van der Waals surface area contributed by atoms with Gasteiger partial charge in [-0.1, -0.05) is 59.8 Å². The van der Waals surface area contributed by atoms with Gasteiger partial charge in [-0.25, -0.2) is 0 Å². The topological polar surface area (TPSA) is 9.23 Å². The highest BCUT2D eigenvalue weighted by molar-refractivity contribution is 5.14. The second-order valence-electron chi connectivity index (χ2n) is 8.32. The standard InChI is InChI=1S/C20H36O/c1-5-6-7-8-9-10-14-19(20(2,3)4)21-18-13-11-12-16-15-17(16)18/h13,16-17,19H,5-12,14-15H2,1-4H3.